The molecule has 1 aromatic carbocycles. The Bertz CT molecular complexity index is 526. The molecule has 1 heterocycles. The molecule has 90 valence electrons. The van der Waals surface area contributed by atoms with Crippen LogP contribution in [0.4, 0.5) is 5.69 Å². The standard InChI is InChI=1S/C13H14Cl2N2/c1-9(14)8-17(2)13-5-6-16-12-7-10(15)3-4-11(12)13/h3-7,9H,8H2,1-2H3. The van der Waals surface area contributed by atoms with Gasteiger partial charge in [-0.2, -0.15) is 0 Å². The summed E-state index contributed by atoms with van der Waals surface area (Å²) in [5.74, 6) is 0. The van der Waals surface area contributed by atoms with Crippen LogP contribution in [0.5, 0.6) is 0 Å². The number of rotatable bonds is 3. The lowest BCUT2D eigenvalue weighted by Gasteiger charge is -2.22. The van der Waals surface area contributed by atoms with Gasteiger partial charge >= 0.3 is 0 Å². The summed E-state index contributed by atoms with van der Waals surface area (Å²) >= 11 is 12.0. The van der Waals surface area contributed by atoms with Gasteiger partial charge < -0.3 is 4.90 Å². The molecule has 1 unspecified atom stereocenters. The summed E-state index contributed by atoms with van der Waals surface area (Å²) in [6.07, 6.45) is 1.80. The van der Waals surface area contributed by atoms with Gasteiger partial charge in [0.25, 0.3) is 0 Å². The summed E-state index contributed by atoms with van der Waals surface area (Å²) in [5.41, 5.74) is 2.03. The lowest BCUT2D eigenvalue weighted by atomic mass is 10.1. The van der Waals surface area contributed by atoms with Crippen LogP contribution in [0.25, 0.3) is 10.9 Å². The molecule has 17 heavy (non-hydrogen) atoms. The molecule has 4 heteroatoms. The average Bonchev–Trinajstić information content (AvgIpc) is 2.26. The Kier molecular flexibility index (Phi) is 3.75. The molecule has 1 aromatic heterocycles. The van der Waals surface area contributed by atoms with Crippen molar-refractivity contribution in [2.24, 2.45) is 0 Å². The Morgan fingerprint density at radius 1 is 1.35 bits per heavy atom. The van der Waals surface area contributed by atoms with Gasteiger partial charge in [-0.3, -0.25) is 4.98 Å². The maximum Gasteiger partial charge on any atom is 0.0737 e. The van der Waals surface area contributed by atoms with E-state index in [1.165, 1.54) is 0 Å². The van der Waals surface area contributed by atoms with E-state index in [-0.39, 0.29) is 5.38 Å². The van der Waals surface area contributed by atoms with Crippen molar-refractivity contribution >= 4 is 39.8 Å². The fourth-order valence-electron chi connectivity index (χ4n) is 1.91. The average molecular weight is 269 g/mol. The van der Waals surface area contributed by atoms with Crippen LogP contribution in [-0.2, 0) is 0 Å². The SMILES string of the molecule is CC(Cl)CN(C)c1ccnc2cc(Cl)ccc12. The van der Waals surface area contributed by atoms with Crippen LogP contribution in [0.3, 0.4) is 0 Å². The second-order valence-corrected chi connectivity index (χ2v) is 5.33. The van der Waals surface area contributed by atoms with Crippen LogP contribution >= 0.6 is 23.2 Å². The van der Waals surface area contributed by atoms with E-state index in [1.54, 1.807) is 6.20 Å². The molecular weight excluding hydrogens is 255 g/mol. The number of alkyl halides is 1. The number of benzene rings is 1. The molecule has 2 aromatic rings. The van der Waals surface area contributed by atoms with E-state index in [0.29, 0.717) is 5.02 Å². The number of nitrogens with zero attached hydrogens (tertiary/aromatic N) is 2. The van der Waals surface area contributed by atoms with Crippen molar-refractivity contribution in [2.45, 2.75) is 12.3 Å². The van der Waals surface area contributed by atoms with Gasteiger partial charge in [0.15, 0.2) is 0 Å². The van der Waals surface area contributed by atoms with Crippen molar-refractivity contribution in [2.75, 3.05) is 18.5 Å². The van der Waals surface area contributed by atoms with Crippen molar-refractivity contribution < 1.29 is 0 Å². The Hall–Kier alpha value is -0.990. The molecule has 1 atom stereocenters. The molecule has 0 aliphatic rings. The fourth-order valence-corrected chi connectivity index (χ4v) is 2.29. The molecule has 0 saturated heterocycles. The van der Waals surface area contributed by atoms with Gasteiger partial charge in [-0.15, -0.1) is 11.6 Å². The predicted molar refractivity (Wildman–Crippen MR) is 75.3 cm³/mol. The summed E-state index contributed by atoms with van der Waals surface area (Å²) in [5, 5.41) is 1.91. The molecular formula is C13H14Cl2N2. The zero-order valence-corrected chi connectivity index (χ0v) is 11.3. The molecule has 0 saturated carbocycles. The molecule has 0 aliphatic heterocycles. The first kappa shape index (κ1) is 12.5. The highest BCUT2D eigenvalue weighted by atomic mass is 35.5. The molecule has 0 bridgehead atoms. The summed E-state index contributed by atoms with van der Waals surface area (Å²) in [6.45, 7) is 2.78. The maximum atomic E-state index is 6.02. The van der Waals surface area contributed by atoms with E-state index in [4.69, 9.17) is 23.2 Å². The first-order chi connectivity index (χ1) is 8.08. The summed E-state index contributed by atoms with van der Waals surface area (Å²) in [4.78, 5) is 6.45. The number of halogens is 2. The quantitative estimate of drug-likeness (QED) is 0.784. The zero-order chi connectivity index (χ0) is 12.4. The first-order valence-electron chi connectivity index (χ1n) is 5.47. The lowest BCUT2D eigenvalue weighted by Crippen LogP contribution is -2.24. The third-order valence-corrected chi connectivity index (χ3v) is 2.99. The van der Waals surface area contributed by atoms with Crippen LogP contribution in [-0.4, -0.2) is 24.0 Å². The molecule has 0 radical (unpaired) electrons. The number of hydrogen-bond acceptors (Lipinski definition) is 2. The number of anilines is 1. The predicted octanol–water partition coefficient (Wildman–Crippen LogP) is 3.95. The molecule has 0 fully saturated rings. The van der Waals surface area contributed by atoms with Gasteiger partial charge in [0.1, 0.15) is 0 Å². The van der Waals surface area contributed by atoms with E-state index in [2.05, 4.69) is 9.88 Å². The van der Waals surface area contributed by atoms with Gasteiger partial charge in [-0.1, -0.05) is 11.6 Å². The number of fused-ring (bicyclic) bond motifs is 1. The van der Waals surface area contributed by atoms with E-state index >= 15 is 0 Å². The first-order valence-corrected chi connectivity index (χ1v) is 6.29. The number of pyridine rings is 1. The van der Waals surface area contributed by atoms with Crippen molar-refractivity contribution in [1.29, 1.82) is 0 Å². The van der Waals surface area contributed by atoms with E-state index in [9.17, 15) is 0 Å². The van der Waals surface area contributed by atoms with Gasteiger partial charge in [-0.05, 0) is 31.2 Å². The van der Waals surface area contributed by atoms with Crippen LogP contribution < -0.4 is 4.90 Å². The van der Waals surface area contributed by atoms with Crippen molar-refractivity contribution in [3.05, 3.63) is 35.5 Å². The Labute approximate surface area is 111 Å². The minimum absolute atomic E-state index is 0.107. The summed E-state index contributed by atoms with van der Waals surface area (Å²) in [7, 11) is 2.03. The molecule has 0 amide bonds. The third kappa shape index (κ3) is 2.82. The van der Waals surface area contributed by atoms with Crippen LogP contribution in [0.15, 0.2) is 30.5 Å². The fraction of sp³-hybridized carbons (Fsp3) is 0.308. The van der Waals surface area contributed by atoms with Crippen LogP contribution in [0.1, 0.15) is 6.92 Å². The largest absolute Gasteiger partial charge is 0.373 e. The Morgan fingerprint density at radius 2 is 2.12 bits per heavy atom. The second kappa shape index (κ2) is 5.11. The number of hydrogen-bond donors (Lipinski definition) is 0. The van der Waals surface area contributed by atoms with Gasteiger partial charge in [0.2, 0.25) is 0 Å². The summed E-state index contributed by atoms with van der Waals surface area (Å²) < 4.78 is 0. The van der Waals surface area contributed by atoms with Crippen molar-refractivity contribution in [1.82, 2.24) is 4.98 Å². The third-order valence-electron chi connectivity index (χ3n) is 2.62. The minimum Gasteiger partial charge on any atom is -0.373 e. The Morgan fingerprint density at radius 3 is 2.82 bits per heavy atom. The van der Waals surface area contributed by atoms with Crippen LogP contribution in [0, 0.1) is 0 Å². The lowest BCUT2D eigenvalue weighted by molar-refractivity contribution is 0.862. The normalized spacial score (nSPS) is 12.7. The molecule has 0 spiro atoms. The molecule has 2 nitrogen and oxygen atoms in total. The van der Waals surface area contributed by atoms with Crippen molar-refractivity contribution in [3.63, 3.8) is 0 Å². The van der Waals surface area contributed by atoms with Gasteiger partial charge in [0.05, 0.1) is 5.52 Å². The molecule has 0 N–H and O–H groups in total. The highest BCUT2D eigenvalue weighted by Gasteiger charge is 2.09. The van der Waals surface area contributed by atoms with E-state index in [1.807, 2.05) is 38.2 Å². The van der Waals surface area contributed by atoms with Gasteiger partial charge in [0, 0.05) is 41.3 Å². The minimum atomic E-state index is 0.107. The summed E-state index contributed by atoms with van der Waals surface area (Å²) in [6, 6.07) is 7.75. The maximum absolute atomic E-state index is 6.02. The zero-order valence-electron chi connectivity index (χ0n) is 9.82. The Balaban J connectivity index is 2.47. The molecule has 2 rings (SSSR count). The number of aromatic nitrogens is 1. The van der Waals surface area contributed by atoms with Crippen LogP contribution in [0.2, 0.25) is 5.02 Å². The topological polar surface area (TPSA) is 16.1 Å². The highest BCUT2D eigenvalue weighted by Crippen LogP contribution is 2.26. The van der Waals surface area contributed by atoms with E-state index in [0.717, 1.165) is 23.1 Å². The van der Waals surface area contributed by atoms with Crippen molar-refractivity contribution in [3.8, 4) is 0 Å². The molecule has 0 aliphatic carbocycles. The monoisotopic (exact) mass is 268 g/mol. The second-order valence-electron chi connectivity index (χ2n) is 4.15. The smallest absolute Gasteiger partial charge is 0.0737 e. The van der Waals surface area contributed by atoms with E-state index < -0.39 is 0 Å². The highest BCUT2D eigenvalue weighted by molar-refractivity contribution is 6.31. The van der Waals surface area contributed by atoms with Gasteiger partial charge in [-0.25, -0.2) is 0 Å².